The summed E-state index contributed by atoms with van der Waals surface area (Å²) in [6.45, 7) is -0.438. The maximum absolute atomic E-state index is 11.7. The molecule has 0 aliphatic heterocycles. The van der Waals surface area contributed by atoms with Gasteiger partial charge in [-0.25, -0.2) is 9.97 Å². The molecule has 0 N–H and O–H groups in total. The van der Waals surface area contributed by atoms with Gasteiger partial charge in [-0.1, -0.05) is 0 Å². The summed E-state index contributed by atoms with van der Waals surface area (Å²) in [7, 11) is 0. The average Bonchev–Trinajstić information content (AvgIpc) is 2.01. The molecule has 7 heteroatoms. The molecule has 0 spiro atoms. The van der Waals surface area contributed by atoms with Gasteiger partial charge in [-0.05, 0) is 15.9 Å². The van der Waals surface area contributed by atoms with E-state index >= 15 is 0 Å². The molecule has 0 atom stereocenters. The molecule has 0 amide bonds. The number of alkyl halides is 3. The minimum atomic E-state index is -4.20. The molecule has 0 aliphatic carbocycles. The summed E-state index contributed by atoms with van der Waals surface area (Å²) in [5.74, 6) is 0.121. The summed E-state index contributed by atoms with van der Waals surface area (Å²) in [5, 5.41) is 0. The molecule has 1 rings (SSSR count). The summed E-state index contributed by atoms with van der Waals surface area (Å²) in [5.41, 5.74) is 0. The second-order valence-electron chi connectivity index (χ2n) is 2.39. The monoisotopic (exact) mass is 270 g/mol. The van der Waals surface area contributed by atoms with Crippen LogP contribution in [0.4, 0.5) is 13.2 Å². The lowest BCUT2D eigenvalue weighted by atomic mass is 10.4. The van der Waals surface area contributed by atoms with Crippen molar-refractivity contribution in [1.82, 2.24) is 9.97 Å². The molecular formula is C7H6BrF3N2O. The number of rotatable bonds is 3. The fourth-order valence-corrected chi connectivity index (χ4v) is 0.955. The maximum Gasteiger partial charge on any atom is 0.392 e. The van der Waals surface area contributed by atoms with Crippen LogP contribution in [0.25, 0.3) is 0 Å². The molecule has 0 aliphatic rings. The fourth-order valence-electron chi connectivity index (χ4n) is 0.668. The van der Waals surface area contributed by atoms with E-state index in [1.807, 2.05) is 0 Å². The Kier molecular flexibility index (Phi) is 3.68. The number of hydrogen-bond acceptors (Lipinski definition) is 3. The van der Waals surface area contributed by atoms with Gasteiger partial charge in [-0.2, -0.15) is 13.2 Å². The number of hydrogen-bond donors (Lipinski definition) is 0. The van der Waals surface area contributed by atoms with E-state index in [-0.39, 0.29) is 5.88 Å². The van der Waals surface area contributed by atoms with Crippen molar-refractivity contribution < 1.29 is 17.9 Å². The molecule has 1 heterocycles. The van der Waals surface area contributed by atoms with E-state index in [4.69, 9.17) is 4.74 Å². The Hall–Kier alpha value is -0.850. The van der Waals surface area contributed by atoms with Gasteiger partial charge in [0.1, 0.15) is 10.9 Å². The zero-order valence-corrected chi connectivity index (χ0v) is 8.47. The van der Waals surface area contributed by atoms with Crippen LogP contribution < -0.4 is 4.74 Å². The molecule has 0 aromatic carbocycles. The van der Waals surface area contributed by atoms with Crippen molar-refractivity contribution in [3.63, 3.8) is 0 Å². The maximum atomic E-state index is 11.7. The van der Waals surface area contributed by atoms with Crippen molar-refractivity contribution in [2.24, 2.45) is 0 Å². The third-order valence-electron chi connectivity index (χ3n) is 1.24. The highest BCUT2D eigenvalue weighted by Gasteiger charge is 2.26. The quantitative estimate of drug-likeness (QED) is 0.792. The van der Waals surface area contributed by atoms with Crippen LogP contribution in [0.2, 0.25) is 0 Å². The normalized spacial score (nSPS) is 11.4. The van der Waals surface area contributed by atoms with E-state index in [1.54, 1.807) is 0 Å². The van der Waals surface area contributed by atoms with Crippen LogP contribution in [0.1, 0.15) is 6.42 Å². The van der Waals surface area contributed by atoms with Gasteiger partial charge in [-0.15, -0.1) is 0 Å². The second kappa shape index (κ2) is 4.59. The largest absolute Gasteiger partial charge is 0.477 e. The first kappa shape index (κ1) is 11.2. The summed E-state index contributed by atoms with van der Waals surface area (Å²) in [4.78, 5) is 7.33. The van der Waals surface area contributed by atoms with Gasteiger partial charge in [0.15, 0.2) is 0 Å². The molecular weight excluding hydrogens is 265 g/mol. The molecule has 3 nitrogen and oxygen atoms in total. The Balaban J connectivity index is 2.39. The van der Waals surface area contributed by atoms with Gasteiger partial charge < -0.3 is 4.74 Å². The van der Waals surface area contributed by atoms with Gasteiger partial charge in [0.25, 0.3) is 0 Å². The van der Waals surface area contributed by atoms with Crippen molar-refractivity contribution in [1.29, 1.82) is 0 Å². The first-order valence-electron chi connectivity index (χ1n) is 3.64. The van der Waals surface area contributed by atoms with E-state index in [9.17, 15) is 13.2 Å². The van der Waals surface area contributed by atoms with Gasteiger partial charge in [0.2, 0.25) is 5.88 Å². The van der Waals surface area contributed by atoms with E-state index in [2.05, 4.69) is 25.9 Å². The first-order chi connectivity index (χ1) is 6.47. The molecule has 14 heavy (non-hydrogen) atoms. The minimum Gasteiger partial charge on any atom is -0.477 e. The summed E-state index contributed by atoms with van der Waals surface area (Å²) < 4.78 is 40.4. The Morgan fingerprint density at radius 1 is 1.36 bits per heavy atom. The SMILES string of the molecule is FC(F)(F)CCOc1cc(Br)ncn1. The van der Waals surface area contributed by atoms with Crippen LogP contribution in [0.3, 0.4) is 0 Å². The lowest BCUT2D eigenvalue weighted by Crippen LogP contribution is -2.13. The highest BCUT2D eigenvalue weighted by Crippen LogP contribution is 2.20. The fraction of sp³-hybridized carbons (Fsp3) is 0.429. The zero-order chi connectivity index (χ0) is 10.6. The molecule has 78 valence electrons. The van der Waals surface area contributed by atoms with E-state index in [0.717, 1.165) is 0 Å². The number of halogens is 4. The minimum absolute atomic E-state index is 0.121. The predicted molar refractivity (Wildman–Crippen MR) is 45.9 cm³/mol. The van der Waals surface area contributed by atoms with Crippen LogP contribution in [0, 0.1) is 0 Å². The molecule has 1 aromatic heterocycles. The Bertz CT molecular complexity index is 305. The van der Waals surface area contributed by atoms with E-state index in [0.29, 0.717) is 4.60 Å². The van der Waals surface area contributed by atoms with E-state index < -0.39 is 19.2 Å². The molecule has 1 aromatic rings. The van der Waals surface area contributed by atoms with Crippen LogP contribution in [0.5, 0.6) is 5.88 Å². The summed E-state index contributed by atoms with van der Waals surface area (Å²) >= 11 is 3.04. The third-order valence-corrected chi connectivity index (χ3v) is 1.68. The molecule has 0 bridgehead atoms. The zero-order valence-electron chi connectivity index (χ0n) is 6.88. The summed E-state index contributed by atoms with van der Waals surface area (Å²) in [6, 6.07) is 1.40. The molecule has 0 saturated carbocycles. The lowest BCUT2D eigenvalue weighted by Gasteiger charge is -2.07. The van der Waals surface area contributed by atoms with Crippen LogP contribution in [-0.4, -0.2) is 22.8 Å². The van der Waals surface area contributed by atoms with Crippen molar-refractivity contribution >= 4 is 15.9 Å². The molecule has 0 radical (unpaired) electrons. The smallest absolute Gasteiger partial charge is 0.392 e. The van der Waals surface area contributed by atoms with E-state index in [1.165, 1.54) is 12.4 Å². The Morgan fingerprint density at radius 3 is 2.64 bits per heavy atom. The van der Waals surface area contributed by atoms with Gasteiger partial charge in [0.05, 0.1) is 13.0 Å². The average molecular weight is 271 g/mol. The van der Waals surface area contributed by atoms with Gasteiger partial charge in [-0.3, -0.25) is 0 Å². The van der Waals surface area contributed by atoms with Crippen molar-refractivity contribution in [2.75, 3.05) is 6.61 Å². The van der Waals surface area contributed by atoms with Crippen molar-refractivity contribution in [2.45, 2.75) is 12.6 Å². The highest BCUT2D eigenvalue weighted by molar-refractivity contribution is 9.10. The van der Waals surface area contributed by atoms with Crippen molar-refractivity contribution in [3.05, 3.63) is 17.0 Å². The molecule has 0 fully saturated rings. The standard InChI is InChI=1S/C7H6BrF3N2O/c8-5-3-6(13-4-12-5)14-2-1-7(9,10)11/h3-4H,1-2H2. The third kappa shape index (κ3) is 4.40. The number of ether oxygens (including phenoxy) is 1. The second-order valence-corrected chi connectivity index (χ2v) is 3.21. The lowest BCUT2D eigenvalue weighted by molar-refractivity contribution is -0.139. The van der Waals surface area contributed by atoms with Crippen LogP contribution in [0.15, 0.2) is 17.0 Å². The van der Waals surface area contributed by atoms with Gasteiger partial charge in [0, 0.05) is 6.07 Å². The number of aromatic nitrogens is 2. The molecule has 0 unspecified atom stereocenters. The highest BCUT2D eigenvalue weighted by atomic mass is 79.9. The topological polar surface area (TPSA) is 35.0 Å². The predicted octanol–water partition coefficient (Wildman–Crippen LogP) is 2.57. The van der Waals surface area contributed by atoms with Crippen LogP contribution >= 0.6 is 15.9 Å². The first-order valence-corrected chi connectivity index (χ1v) is 4.44. The van der Waals surface area contributed by atoms with Crippen molar-refractivity contribution in [3.8, 4) is 5.88 Å². The summed E-state index contributed by atoms with van der Waals surface area (Å²) in [6.07, 6.45) is -3.99. The Labute approximate surface area is 86.4 Å². The number of nitrogens with zero attached hydrogens (tertiary/aromatic N) is 2. The molecule has 0 saturated heterocycles. The Morgan fingerprint density at radius 2 is 2.07 bits per heavy atom. The van der Waals surface area contributed by atoms with Crippen LogP contribution in [-0.2, 0) is 0 Å². The van der Waals surface area contributed by atoms with Gasteiger partial charge >= 0.3 is 6.18 Å².